The minimum absolute atomic E-state index is 0.00554. The molecule has 3 rings (SSSR count). The van der Waals surface area contributed by atoms with Gasteiger partial charge < -0.3 is 5.32 Å². The largest absolute Gasteiger partial charge is 0.322 e. The molecule has 0 aliphatic carbocycles. The molecule has 3 aromatic carbocycles. The highest BCUT2D eigenvalue weighted by Crippen LogP contribution is 2.23. The van der Waals surface area contributed by atoms with E-state index >= 15 is 0 Å². The van der Waals surface area contributed by atoms with E-state index in [0.717, 1.165) is 5.56 Å². The van der Waals surface area contributed by atoms with Gasteiger partial charge >= 0.3 is 0 Å². The fourth-order valence-corrected chi connectivity index (χ4v) is 4.19. The van der Waals surface area contributed by atoms with Gasteiger partial charge in [-0.15, -0.1) is 0 Å². The van der Waals surface area contributed by atoms with E-state index in [2.05, 4.69) is 30.8 Å². The van der Waals surface area contributed by atoms with Crippen molar-refractivity contribution < 1.29 is 17.6 Å². The maximum atomic E-state index is 13.0. The predicted molar refractivity (Wildman–Crippen MR) is 122 cm³/mol. The van der Waals surface area contributed by atoms with Crippen LogP contribution in [0.2, 0.25) is 0 Å². The van der Waals surface area contributed by atoms with Crippen molar-refractivity contribution >= 4 is 27.3 Å². The number of rotatable bonds is 6. The lowest BCUT2D eigenvalue weighted by Crippen LogP contribution is -2.16. The number of nitrogens with one attached hydrogen (secondary N) is 2. The van der Waals surface area contributed by atoms with Crippen molar-refractivity contribution in [2.75, 3.05) is 10.0 Å². The Morgan fingerprint density at radius 3 is 2.13 bits per heavy atom. The summed E-state index contributed by atoms with van der Waals surface area (Å²) in [6.45, 7) is 6.31. The summed E-state index contributed by atoms with van der Waals surface area (Å²) in [6, 6.07) is 19.1. The van der Waals surface area contributed by atoms with E-state index < -0.39 is 15.8 Å². The van der Waals surface area contributed by atoms with Gasteiger partial charge in [-0.25, -0.2) is 12.8 Å². The number of amides is 1. The van der Waals surface area contributed by atoms with Crippen molar-refractivity contribution in [2.45, 2.75) is 31.9 Å². The van der Waals surface area contributed by atoms with E-state index in [1.54, 1.807) is 36.4 Å². The van der Waals surface area contributed by atoms with Crippen molar-refractivity contribution in [3.63, 3.8) is 0 Å². The number of hydrogen-bond donors (Lipinski definition) is 2. The third-order valence-corrected chi connectivity index (χ3v) is 5.94. The topological polar surface area (TPSA) is 75.3 Å². The van der Waals surface area contributed by atoms with E-state index in [4.69, 9.17) is 0 Å². The van der Waals surface area contributed by atoms with Gasteiger partial charge in [0.2, 0.25) is 10.0 Å². The molecule has 0 aromatic heterocycles. The highest BCUT2D eigenvalue weighted by Gasteiger charge is 2.15. The van der Waals surface area contributed by atoms with Crippen LogP contribution in [0.15, 0.2) is 72.8 Å². The Balaban J connectivity index is 1.68. The summed E-state index contributed by atoms with van der Waals surface area (Å²) in [5.74, 6) is -0.998. The van der Waals surface area contributed by atoms with Crippen LogP contribution in [0.4, 0.5) is 15.8 Å². The quantitative estimate of drug-likeness (QED) is 0.545. The molecule has 0 atom stereocenters. The minimum Gasteiger partial charge on any atom is -0.322 e. The van der Waals surface area contributed by atoms with E-state index in [1.165, 1.54) is 24.3 Å². The highest BCUT2D eigenvalue weighted by molar-refractivity contribution is 7.91. The number of carbonyl (C=O) groups is 1. The van der Waals surface area contributed by atoms with Gasteiger partial charge in [-0.1, -0.05) is 51.1 Å². The minimum atomic E-state index is -3.70. The molecule has 0 radical (unpaired) electrons. The molecule has 1 amide bonds. The molecule has 2 N–H and O–H groups in total. The Kier molecular flexibility index (Phi) is 6.45. The molecule has 162 valence electrons. The van der Waals surface area contributed by atoms with Gasteiger partial charge in [-0.05, 0) is 59.0 Å². The summed E-state index contributed by atoms with van der Waals surface area (Å²) in [7, 11) is -3.70. The molecule has 3 aromatic rings. The molecule has 0 bridgehead atoms. The lowest BCUT2D eigenvalue weighted by molar-refractivity contribution is 0.102. The molecule has 0 aliphatic heterocycles. The summed E-state index contributed by atoms with van der Waals surface area (Å²) < 4.78 is 40.4. The smallest absolute Gasteiger partial charge is 0.255 e. The Hall–Kier alpha value is -3.19. The Morgan fingerprint density at radius 1 is 0.903 bits per heavy atom. The zero-order valence-corrected chi connectivity index (χ0v) is 18.5. The van der Waals surface area contributed by atoms with Crippen molar-refractivity contribution in [3.8, 4) is 0 Å². The van der Waals surface area contributed by atoms with Gasteiger partial charge in [0.1, 0.15) is 5.82 Å². The Labute approximate surface area is 182 Å². The van der Waals surface area contributed by atoms with Crippen LogP contribution >= 0.6 is 0 Å². The molecule has 5 nitrogen and oxygen atoms in total. The fourth-order valence-electron chi connectivity index (χ4n) is 3.00. The zero-order valence-electron chi connectivity index (χ0n) is 17.6. The van der Waals surface area contributed by atoms with Crippen molar-refractivity contribution in [1.29, 1.82) is 0 Å². The van der Waals surface area contributed by atoms with Crippen LogP contribution in [0.5, 0.6) is 0 Å². The molecule has 31 heavy (non-hydrogen) atoms. The standard InChI is InChI=1S/C24H25FN2O3S/c1-24(2,3)19-11-9-18(10-12-19)23(28)26-21-5-4-6-22(15-21)27-31(29,30)16-17-7-13-20(25)14-8-17/h4-15,27H,16H2,1-3H3,(H,26,28). The fraction of sp³-hybridized carbons (Fsp3) is 0.208. The van der Waals surface area contributed by atoms with Crippen LogP contribution in [0.3, 0.4) is 0 Å². The van der Waals surface area contributed by atoms with E-state index in [-0.39, 0.29) is 17.1 Å². The first-order chi connectivity index (χ1) is 14.5. The van der Waals surface area contributed by atoms with Gasteiger partial charge in [0, 0.05) is 11.3 Å². The molecule has 0 unspecified atom stereocenters. The molecule has 0 saturated heterocycles. The predicted octanol–water partition coefficient (Wildman–Crippen LogP) is 5.32. The average Bonchev–Trinajstić information content (AvgIpc) is 2.69. The van der Waals surface area contributed by atoms with Gasteiger partial charge in [0.25, 0.3) is 5.91 Å². The second kappa shape index (κ2) is 8.89. The maximum Gasteiger partial charge on any atom is 0.255 e. The van der Waals surface area contributed by atoms with Crippen LogP contribution in [0.25, 0.3) is 0 Å². The van der Waals surface area contributed by atoms with Crippen LogP contribution < -0.4 is 10.0 Å². The molecule has 7 heteroatoms. The molecule has 0 fully saturated rings. The van der Waals surface area contributed by atoms with E-state index in [0.29, 0.717) is 22.5 Å². The van der Waals surface area contributed by atoms with Crippen LogP contribution in [-0.4, -0.2) is 14.3 Å². The lowest BCUT2D eigenvalue weighted by Gasteiger charge is -2.19. The van der Waals surface area contributed by atoms with Gasteiger partial charge in [-0.3, -0.25) is 9.52 Å². The van der Waals surface area contributed by atoms with Gasteiger partial charge in [-0.2, -0.15) is 0 Å². The third-order valence-electron chi connectivity index (χ3n) is 4.68. The van der Waals surface area contributed by atoms with Crippen LogP contribution in [0, 0.1) is 5.82 Å². The molecular formula is C24H25FN2O3S. The molecule has 0 saturated carbocycles. The maximum absolute atomic E-state index is 13.0. The molecule has 0 spiro atoms. The SMILES string of the molecule is CC(C)(C)c1ccc(C(=O)Nc2cccc(NS(=O)(=O)Cc3ccc(F)cc3)c2)cc1. The summed E-state index contributed by atoms with van der Waals surface area (Å²) in [4.78, 5) is 12.6. The third kappa shape index (κ3) is 6.39. The van der Waals surface area contributed by atoms with Gasteiger partial charge in [0.15, 0.2) is 0 Å². The first kappa shape index (κ1) is 22.5. The second-order valence-corrected chi connectivity index (χ2v) is 10.1. The lowest BCUT2D eigenvalue weighted by atomic mass is 9.87. The molecule has 0 aliphatic rings. The van der Waals surface area contributed by atoms with Crippen molar-refractivity contribution in [2.24, 2.45) is 0 Å². The molecular weight excluding hydrogens is 415 g/mol. The van der Waals surface area contributed by atoms with Crippen LogP contribution in [0.1, 0.15) is 42.3 Å². The summed E-state index contributed by atoms with van der Waals surface area (Å²) in [5, 5.41) is 2.78. The highest BCUT2D eigenvalue weighted by atomic mass is 32.2. The van der Waals surface area contributed by atoms with E-state index in [9.17, 15) is 17.6 Å². The van der Waals surface area contributed by atoms with E-state index in [1.807, 2.05) is 12.1 Å². The number of halogens is 1. The first-order valence-corrected chi connectivity index (χ1v) is 11.4. The normalized spacial score (nSPS) is 11.7. The van der Waals surface area contributed by atoms with Crippen LogP contribution in [-0.2, 0) is 21.2 Å². The Bertz CT molecular complexity index is 1170. The molecule has 0 heterocycles. The monoisotopic (exact) mass is 440 g/mol. The number of benzene rings is 3. The summed E-state index contributed by atoms with van der Waals surface area (Å²) in [5.41, 5.74) is 2.89. The van der Waals surface area contributed by atoms with Gasteiger partial charge in [0.05, 0.1) is 11.4 Å². The Morgan fingerprint density at radius 2 is 1.52 bits per heavy atom. The number of hydrogen-bond acceptors (Lipinski definition) is 3. The van der Waals surface area contributed by atoms with Crippen molar-refractivity contribution in [3.05, 3.63) is 95.3 Å². The summed E-state index contributed by atoms with van der Waals surface area (Å²) in [6.07, 6.45) is 0. The number of carbonyl (C=O) groups excluding carboxylic acids is 1. The number of sulfonamides is 1. The first-order valence-electron chi connectivity index (χ1n) is 9.79. The summed E-state index contributed by atoms with van der Waals surface area (Å²) >= 11 is 0. The average molecular weight is 441 g/mol. The second-order valence-electron chi connectivity index (χ2n) is 8.35. The zero-order chi connectivity index (χ0) is 22.6. The number of anilines is 2. The van der Waals surface area contributed by atoms with Crippen molar-refractivity contribution in [1.82, 2.24) is 0 Å².